The highest BCUT2D eigenvalue weighted by Gasteiger charge is 2.42. The number of nitrogens with one attached hydrogen (secondary N) is 1. The van der Waals surface area contributed by atoms with E-state index in [4.69, 9.17) is 0 Å². The van der Waals surface area contributed by atoms with Crippen LogP contribution in [-0.2, 0) is 9.59 Å². The molecule has 2 amide bonds. The first kappa shape index (κ1) is 14.1. The molecule has 0 spiro atoms. The van der Waals surface area contributed by atoms with Crippen LogP contribution in [0.15, 0.2) is 24.3 Å². The van der Waals surface area contributed by atoms with Gasteiger partial charge in [-0.15, -0.1) is 0 Å². The normalized spacial score (nSPS) is 23.7. The lowest BCUT2D eigenvalue weighted by Crippen LogP contribution is -2.43. The number of likely N-dealkylation sites (tertiary alicyclic amines) is 1. The smallest absolute Gasteiger partial charge is 0.252 e. The summed E-state index contributed by atoms with van der Waals surface area (Å²) in [5.74, 6) is -0.0658. The molecular formula is C17H22N2O2. The largest absolute Gasteiger partial charge is 0.373 e. The van der Waals surface area contributed by atoms with Gasteiger partial charge in [-0.25, -0.2) is 0 Å². The van der Waals surface area contributed by atoms with Gasteiger partial charge in [-0.1, -0.05) is 37.0 Å². The number of hydrogen-bond acceptors (Lipinski definition) is 3. The molecular weight excluding hydrogens is 264 g/mol. The van der Waals surface area contributed by atoms with Gasteiger partial charge in [0.15, 0.2) is 0 Å². The van der Waals surface area contributed by atoms with Crippen molar-refractivity contribution in [3.05, 3.63) is 29.8 Å². The molecule has 1 saturated heterocycles. The van der Waals surface area contributed by atoms with Crippen molar-refractivity contribution in [3.63, 3.8) is 0 Å². The third kappa shape index (κ3) is 2.94. The molecule has 2 aliphatic rings. The van der Waals surface area contributed by atoms with Gasteiger partial charge in [0, 0.05) is 11.7 Å². The molecule has 21 heavy (non-hydrogen) atoms. The fraction of sp³-hybridized carbons (Fsp3) is 0.529. The minimum Gasteiger partial charge on any atom is -0.373 e. The number of nitrogens with zero attached hydrogens (tertiary/aromatic N) is 1. The molecule has 0 bridgehead atoms. The van der Waals surface area contributed by atoms with Crippen molar-refractivity contribution < 1.29 is 9.59 Å². The van der Waals surface area contributed by atoms with Gasteiger partial charge in [0.25, 0.3) is 5.91 Å². The average Bonchev–Trinajstić information content (AvgIpc) is 2.77. The van der Waals surface area contributed by atoms with Crippen LogP contribution in [-0.4, -0.2) is 28.8 Å². The number of benzene rings is 1. The summed E-state index contributed by atoms with van der Waals surface area (Å²) >= 11 is 0. The molecule has 1 atom stereocenters. The van der Waals surface area contributed by atoms with Gasteiger partial charge in [-0.05, 0) is 31.9 Å². The number of amides is 2. The molecule has 4 heteroatoms. The second-order valence-electron chi connectivity index (χ2n) is 6.16. The molecule has 1 N–H and O–H groups in total. The lowest BCUT2D eigenvalue weighted by Gasteiger charge is -2.29. The summed E-state index contributed by atoms with van der Waals surface area (Å²) in [7, 11) is 0. The lowest BCUT2D eigenvalue weighted by molar-refractivity contribution is -0.141. The summed E-state index contributed by atoms with van der Waals surface area (Å²) in [4.78, 5) is 26.3. The first-order chi connectivity index (χ1) is 10.1. The maximum atomic E-state index is 12.5. The van der Waals surface area contributed by atoms with Crippen LogP contribution < -0.4 is 5.32 Å². The van der Waals surface area contributed by atoms with E-state index in [1.165, 1.54) is 16.9 Å². The Bertz CT molecular complexity index is 532. The minimum atomic E-state index is -0.401. The molecule has 0 unspecified atom stereocenters. The number of anilines is 1. The second-order valence-corrected chi connectivity index (χ2v) is 6.16. The summed E-state index contributed by atoms with van der Waals surface area (Å²) in [6.45, 7) is 2.03. The van der Waals surface area contributed by atoms with Crippen LogP contribution in [0.25, 0.3) is 0 Å². The molecule has 112 valence electrons. The molecule has 2 fully saturated rings. The maximum absolute atomic E-state index is 12.5. The summed E-state index contributed by atoms with van der Waals surface area (Å²) in [5.41, 5.74) is 2.08. The van der Waals surface area contributed by atoms with Crippen molar-refractivity contribution >= 4 is 17.5 Å². The second kappa shape index (κ2) is 5.88. The zero-order valence-electron chi connectivity index (χ0n) is 12.5. The number of aryl methyl sites for hydroxylation is 1. The van der Waals surface area contributed by atoms with Crippen molar-refractivity contribution in [2.24, 2.45) is 0 Å². The van der Waals surface area contributed by atoms with Crippen LogP contribution in [0, 0.1) is 6.92 Å². The van der Waals surface area contributed by atoms with E-state index in [9.17, 15) is 9.59 Å². The van der Waals surface area contributed by atoms with Gasteiger partial charge in [-0.3, -0.25) is 14.5 Å². The predicted molar refractivity (Wildman–Crippen MR) is 81.9 cm³/mol. The van der Waals surface area contributed by atoms with E-state index < -0.39 is 6.04 Å². The van der Waals surface area contributed by atoms with Crippen LogP contribution in [0.2, 0.25) is 0 Å². The van der Waals surface area contributed by atoms with E-state index in [2.05, 4.69) is 5.32 Å². The first-order valence-corrected chi connectivity index (χ1v) is 7.84. The molecule has 0 radical (unpaired) electrons. The zero-order valence-corrected chi connectivity index (χ0v) is 12.5. The highest BCUT2D eigenvalue weighted by Crippen LogP contribution is 2.28. The monoisotopic (exact) mass is 286 g/mol. The van der Waals surface area contributed by atoms with Crippen LogP contribution in [0.4, 0.5) is 5.69 Å². The maximum Gasteiger partial charge on any atom is 0.252 e. The van der Waals surface area contributed by atoms with Crippen molar-refractivity contribution in [1.82, 2.24) is 4.90 Å². The van der Waals surface area contributed by atoms with E-state index in [0.717, 1.165) is 31.4 Å². The molecule has 1 heterocycles. The van der Waals surface area contributed by atoms with Crippen molar-refractivity contribution in [3.8, 4) is 0 Å². The molecule has 1 aromatic carbocycles. The Kier molecular flexibility index (Phi) is 3.95. The van der Waals surface area contributed by atoms with Crippen molar-refractivity contribution in [2.45, 2.75) is 57.5 Å². The average molecular weight is 286 g/mol. The van der Waals surface area contributed by atoms with Crippen LogP contribution >= 0.6 is 0 Å². The van der Waals surface area contributed by atoms with Gasteiger partial charge in [-0.2, -0.15) is 0 Å². The SMILES string of the molecule is Cc1ccc(N[C@@H]2CC(=O)N(C3CCCCC3)C2=O)cc1. The summed E-state index contributed by atoms with van der Waals surface area (Å²) in [6.07, 6.45) is 5.68. The first-order valence-electron chi connectivity index (χ1n) is 7.84. The van der Waals surface area contributed by atoms with Gasteiger partial charge in [0.2, 0.25) is 5.91 Å². The van der Waals surface area contributed by atoms with Crippen LogP contribution in [0.5, 0.6) is 0 Å². The van der Waals surface area contributed by atoms with Gasteiger partial charge in [0.05, 0.1) is 6.42 Å². The lowest BCUT2D eigenvalue weighted by atomic mass is 9.94. The number of carbonyl (C=O) groups excluding carboxylic acids is 2. The third-order valence-corrected chi connectivity index (χ3v) is 4.52. The predicted octanol–water partition coefficient (Wildman–Crippen LogP) is 2.87. The quantitative estimate of drug-likeness (QED) is 0.869. The summed E-state index contributed by atoms with van der Waals surface area (Å²) in [5, 5.41) is 3.21. The van der Waals surface area contributed by atoms with E-state index in [1.807, 2.05) is 31.2 Å². The summed E-state index contributed by atoms with van der Waals surface area (Å²) in [6, 6.07) is 7.64. The van der Waals surface area contributed by atoms with E-state index in [0.29, 0.717) is 0 Å². The van der Waals surface area contributed by atoms with Crippen molar-refractivity contribution in [1.29, 1.82) is 0 Å². The zero-order chi connectivity index (χ0) is 14.8. The molecule has 1 aliphatic carbocycles. The van der Waals surface area contributed by atoms with E-state index in [-0.39, 0.29) is 24.3 Å². The Hall–Kier alpha value is -1.84. The minimum absolute atomic E-state index is 0.0171. The Balaban J connectivity index is 1.69. The molecule has 4 nitrogen and oxygen atoms in total. The topological polar surface area (TPSA) is 49.4 Å². The third-order valence-electron chi connectivity index (χ3n) is 4.52. The van der Waals surface area contributed by atoms with Gasteiger partial charge >= 0.3 is 0 Å². The fourth-order valence-electron chi connectivity index (χ4n) is 3.34. The van der Waals surface area contributed by atoms with E-state index >= 15 is 0 Å². The van der Waals surface area contributed by atoms with Gasteiger partial charge in [0.1, 0.15) is 6.04 Å². The molecule has 1 aromatic rings. The Morgan fingerprint density at radius 1 is 1.05 bits per heavy atom. The number of carbonyl (C=O) groups is 2. The number of rotatable bonds is 3. The highest BCUT2D eigenvalue weighted by molar-refractivity contribution is 6.07. The highest BCUT2D eigenvalue weighted by atomic mass is 16.2. The molecule has 1 saturated carbocycles. The Morgan fingerprint density at radius 3 is 2.38 bits per heavy atom. The van der Waals surface area contributed by atoms with E-state index in [1.54, 1.807) is 0 Å². The van der Waals surface area contributed by atoms with Crippen LogP contribution in [0.1, 0.15) is 44.1 Å². The van der Waals surface area contributed by atoms with Gasteiger partial charge < -0.3 is 5.32 Å². The standard InChI is InChI=1S/C17H22N2O2/c1-12-7-9-13(10-8-12)18-15-11-16(20)19(17(15)21)14-5-3-2-4-6-14/h7-10,14-15,18H,2-6,11H2,1H3/t15-/m1/s1. The number of imide groups is 1. The molecule has 0 aromatic heterocycles. The van der Waals surface area contributed by atoms with Crippen molar-refractivity contribution in [2.75, 3.05) is 5.32 Å². The van der Waals surface area contributed by atoms with Crippen LogP contribution in [0.3, 0.4) is 0 Å². The fourth-order valence-corrected chi connectivity index (χ4v) is 3.34. The Morgan fingerprint density at radius 2 is 1.71 bits per heavy atom. The Labute approximate surface area is 125 Å². The molecule has 3 rings (SSSR count). The summed E-state index contributed by atoms with van der Waals surface area (Å²) < 4.78 is 0. The number of hydrogen-bond donors (Lipinski definition) is 1. The molecule has 1 aliphatic heterocycles.